The van der Waals surface area contributed by atoms with Crippen molar-refractivity contribution < 1.29 is 14.3 Å². The van der Waals surface area contributed by atoms with Crippen LogP contribution in [0.15, 0.2) is 0 Å². The highest BCUT2D eigenvalue weighted by atomic mass is 32.1. The van der Waals surface area contributed by atoms with Crippen molar-refractivity contribution >= 4 is 28.3 Å². The highest BCUT2D eigenvalue weighted by Crippen LogP contribution is 2.27. The molecule has 2 amide bonds. The normalized spacial score (nSPS) is 20.8. The molecule has 1 aromatic heterocycles. The van der Waals surface area contributed by atoms with Gasteiger partial charge in [0.05, 0.1) is 11.8 Å². The summed E-state index contributed by atoms with van der Waals surface area (Å²) in [6.07, 6.45) is 6.13. The van der Waals surface area contributed by atoms with E-state index in [1.807, 2.05) is 13.8 Å². The van der Waals surface area contributed by atoms with E-state index in [0.717, 1.165) is 55.7 Å². The van der Waals surface area contributed by atoms with Gasteiger partial charge in [-0.25, -0.2) is 4.98 Å². The minimum Gasteiger partial charge on any atom is -0.376 e. The van der Waals surface area contributed by atoms with Gasteiger partial charge in [0.25, 0.3) is 0 Å². The Balaban J connectivity index is 1.62. The fourth-order valence-corrected chi connectivity index (χ4v) is 4.39. The maximum atomic E-state index is 12.9. The average molecular weight is 365 g/mol. The lowest BCUT2D eigenvalue weighted by molar-refractivity contribution is -0.139. The van der Waals surface area contributed by atoms with Crippen LogP contribution in [0.3, 0.4) is 0 Å². The van der Waals surface area contributed by atoms with Gasteiger partial charge < -0.3 is 15.0 Å². The molecule has 1 aliphatic carbocycles. The van der Waals surface area contributed by atoms with Crippen molar-refractivity contribution in [1.82, 2.24) is 9.88 Å². The van der Waals surface area contributed by atoms with Crippen molar-refractivity contribution in [2.45, 2.75) is 58.5 Å². The molecule has 138 valence electrons. The van der Waals surface area contributed by atoms with Crippen molar-refractivity contribution in [2.24, 2.45) is 5.92 Å². The molecule has 0 radical (unpaired) electrons. The van der Waals surface area contributed by atoms with E-state index in [-0.39, 0.29) is 30.4 Å². The number of amides is 2. The van der Waals surface area contributed by atoms with Crippen LogP contribution in [0.2, 0.25) is 0 Å². The molecule has 0 bridgehead atoms. The molecular weight excluding hydrogens is 338 g/mol. The lowest BCUT2D eigenvalue weighted by Crippen LogP contribution is -2.44. The number of hydrogen-bond acceptors (Lipinski definition) is 5. The van der Waals surface area contributed by atoms with Gasteiger partial charge in [-0.1, -0.05) is 12.8 Å². The van der Waals surface area contributed by atoms with Gasteiger partial charge in [-0.05, 0) is 39.5 Å². The first-order chi connectivity index (χ1) is 12.0. The highest BCUT2D eigenvalue weighted by Gasteiger charge is 2.31. The molecule has 0 spiro atoms. The lowest BCUT2D eigenvalue weighted by atomic mass is 10.1. The van der Waals surface area contributed by atoms with Crippen LogP contribution in [0, 0.1) is 19.8 Å². The fraction of sp³-hybridized carbons (Fsp3) is 0.722. The Hall–Kier alpha value is -1.47. The van der Waals surface area contributed by atoms with Crippen molar-refractivity contribution in [3.05, 3.63) is 10.6 Å². The number of thiazole rings is 1. The molecule has 1 saturated heterocycles. The molecule has 1 aromatic rings. The Morgan fingerprint density at radius 2 is 2.00 bits per heavy atom. The summed E-state index contributed by atoms with van der Waals surface area (Å²) in [6.45, 7) is 5.25. The topological polar surface area (TPSA) is 71.5 Å². The molecule has 2 aliphatic rings. The van der Waals surface area contributed by atoms with Crippen molar-refractivity contribution in [2.75, 3.05) is 25.0 Å². The summed E-state index contributed by atoms with van der Waals surface area (Å²) in [5.41, 5.74) is 0.929. The first-order valence-electron chi connectivity index (χ1n) is 9.17. The zero-order valence-electron chi connectivity index (χ0n) is 15.0. The quantitative estimate of drug-likeness (QED) is 0.841. The second kappa shape index (κ2) is 8.27. The van der Waals surface area contributed by atoms with Gasteiger partial charge >= 0.3 is 0 Å². The number of carbonyl (C=O) groups excluding carboxylic acids is 2. The molecule has 7 heteroatoms. The number of aryl methyl sites for hydroxylation is 2. The summed E-state index contributed by atoms with van der Waals surface area (Å²) in [5.74, 6) is -0.00806. The molecule has 1 atom stereocenters. The minimum atomic E-state index is -0.182. The standard InChI is InChI=1S/C18H27N3O3S/c1-12-13(2)25-18(19-12)20-16(22)11-21(10-15-8-5-9-24-15)17(23)14-6-3-4-7-14/h14-15H,3-11H2,1-2H3,(H,19,20,22). The molecule has 1 aliphatic heterocycles. The second-order valence-corrected chi connectivity index (χ2v) is 8.25. The predicted molar refractivity (Wildman–Crippen MR) is 97.7 cm³/mol. The number of carbonyl (C=O) groups is 2. The zero-order chi connectivity index (χ0) is 17.8. The van der Waals surface area contributed by atoms with E-state index in [4.69, 9.17) is 4.74 Å². The summed E-state index contributed by atoms with van der Waals surface area (Å²) in [5, 5.41) is 3.44. The Morgan fingerprint density at radius 3 is 2.60 bits per heavy atom. The summed E-state index contributed by atoms with van der Waals surface area (Å²) >= 11 is 1.47. The van der Waals surface area contributed by atoms with Crippen LogP contribution in [0.25, 0.3) is 0 Å². The molecule has 6 nitrogen and oxygen atoms in total. The van der Waals surface area contributed by atoms with Crippen molar-refractivity contribution in [1.29, 1.82) is 0 Å². The maximum Gasteiger partial charge on any atom is 0.245 e. The van der Waals surface area contributed by atoms with E-state index in [9.17, 15) is 9.59 Å². The van der Waals surface area contributed by atoms with Crippen LogP contribution in [-0.2, 0) is 14.3 Å². The summed E-state index contributed by atoms with van der Waals surface area (Å²) in [4.78, 5) is 32.4. The van der Waals surface area contributed by atoms with Crippen molar-refractivity contribution in [3.8, 4) is 0 Å². The number of anilines is 1. The van der Waals surface area contributed by atoms with Gasteiger partial charge in [0.15, 0.2) is 5.13 Å². The van der Waals surface area contributed by atoms with Gasteiger partial charge in [-0.3, -0.25) is 9.59 Å². The predicted octanol–water partition coefficient (Wildman–Crippen LogP) is 2.90. The Morgan fingerprint density at radius 1 is 1.24 bits per heavy atom. The Bertz CT molecular complexity index is 600. The second-order valence-electron chi connectivity index (χ2n) is 7.04. The first-order valence-corrected chi connectivity index (χ1v) is 9.99. The number of hydrogen-bond donors (Lipinski definition) is 1. The lowest BCUT2D eigenvalue weighted by Gasteiger charge is -2.27. The third kappa shape index (κ3) is 4.79. The molecule has 1 unspecified atom stereocenters. The summed E-state index contributed by atoms with van der Waals surface area (Å²) < 4.78 is 5.68. The van der Waals surface area contributed by atoms with Crippen LogP contribution in [-0.4, -0.2) is 47.5 Å². The summed E-state index contributed by atoms with van der Waals surface area (Å²) in [7, 11) is 0. The number of ether oxygens (including phenoxy) is 1. The molecular formula is C18H27N3O3S. The van der Waals surface area contributed by atoms with Crippen LogP contribution in [0.4, 0.5) is 5.13 Å². The van der Waals surface area contributed by atoms with Gasteiger partial charge in [0.1, 0.15) is 6.54 Å². The van der Waals surface area contributed by atoms with Crippen molar-refractivity contribution in [3.63, 3.8) is 0 Å². The van der Waals surface area contributed by atoms with Gasteiger partial charge in [0.2, 0.25) is 11.8 Å². The van der Waals surface area contributed by atoms with E-state index >= 15 is 0 Å². The molecule has 2 heterocycles. The number of aromatic nitrogens is 1. The van der Waals surface area contributed by atoms with Gasteiger partial charge in [-0.15, -0.1) is 11.3 Å². The first kappa shape index (κ1) is 18.3. The summed E-state index contributed by atoms with van der Waals surface area (Å²) in [6, 6.07) is 0. The SMILES string of the molecule is Cc1nc(NC(=O)CN(CC2CCCO2)C(=O)C2CCCC2)sc1C. The van der Waals surface area contributed by atoms with Gasteiger partial charge in [-0.2, -0.15) is 0 Å². The minimum absolute atomic E-state index is 0.0579. The smallest absolute Gasteiger partial charge is 0.245 e. The number of rotatable bonds is 6. The number of nitrogens with one attached hydrogen (secondary N) is 1. The largest absolute Gasteiger partial charge is 0.376 e. The van der Waals surface area contributed by atoms with Crippen LogP contribution < -0.4 is 5.32 Å². The molecule has 1 N–H and O–H groups in total. The Labute approximate surface area is 153 Å². The average Bonchev–Trinajstić information content (AvgIpc) is 3.30. The molecule has 2 fully saturated rings. The maximum absolute atomic E-state index is 12.9. The molecule has 1 saturated carbocycles. The number of nitrogens with zero attached hydrogens (tertiary/aromatic N) is 2. The zero-order valence-corrected chi connectivity index (χ0v) is 15.9. The Kier molecular flexibility index (Phi) is 6.06. The molecule has 25 heavy (non-hydrogen) atoms. The van der Waals surface area contributed by atoms with E-state index in [1.165, 1.54) is 11.3 Å². The van der Waals surface area contributed by atoms with E-state index < -0.39 is 0 Å². The van der Waals surface area contributed by atoms with Crippen LogP contribution in [0.5, 0.6) is 0 Å². The van der Waals surface area contributed by atoms with Gasteiger partial charge in [0, 0.05) is 23.9 Å². The third-order valence-electron chi connectivity index (χ3n) is 5.07. The van der Waals surface area contributed by atoms with Crippen LogP contribution in [0.1, 0.15) is 49.1 Å². The molecule has 0 aromatic carbocycles. The monoisotopic (exact) mass is 365 g/mol. The van der Waals surface area contributed by atoms with E-state index in [1.54, 1.807) is 4.90 Å². The van der Waals surface area contributed by atoms with E-state index in [0.29, 0.717) is 11.7 Å². The van der Waals surface area contributed by atoms with E-state index in [2.05, 4.69) is 10.3 Å². The molecule has 3 rings (SSSR count). The fourth-order valence-electron chi connectivity index (χ4n) is 3.56. The van der Waals surface area contributed by atoms with Crippen LogP contribution >= 0.6 is 11.3 Å². The highest BCUT2D eigenvalue weighted by molar-refractivity contribution is 7.15. The third-order valence-corrected chi connectivity index (χ3v) is 6.06.